The Balaban J connectivity index is 1.93. The summed E-state index contributed by atoms with van der Waals surface area (Å²) < 4.78 is 51.6. The van der Waals surface area contributed by atoms with Crippen LogP contribution < -0.4 is 22.1 Å². The van der Waals surface area contributed by atoms with Gasteiger partial charge in [-0.25, -0.2) is 9.38 Å². The number of anilines is 1. The van der Waals surface area contributed by atoms with E-state index in [-0.39, 0.29) is 17.3 Å². The SMILES string of the molecule is N=C/C(=C\NCC(F)(F)F)C1=CN=C(N2CCC(N)CC2)NC1c1ccc(N)c(F)c1. The number of hydrogen-bond donors (Lipinski definition) is 5. The second kappa shape index (κ2) is 9.38. The highest BCUT2D eigenvalue weighted by Gasteiger charge is 2.29. The highest BCUT2D eigenvalue weighted by Crippen LogP contribution is 2.31. The minimum Gasteiger partial charge on any atom is -0.396 e. The Kier molecular flexibility index (Phi) is 6.84. The predicted octanol–water partition coefficient (Wildman–Crippen LogP) is 2.40. The topological polar surface area (TPSA) is 116 Å². The van der Waals surface area contributed by atoms with Gasteiger partial charge in [-0.05, 0) is 30.5 Å². The smallest absolute Gasteiger partial charge is 0.396 e. The molecule has 31 heavy (non-hydrogen) atoms. The molecule has 1 atom stereocenters. The summed E-state index contributed by atoms with van der Waals surface area (Å²) in [6.07, 6.45) is 0.720. The first-order valence-corrected chi connectivity index (χ1v) is 9.79. The van der Waals surface area contributed by atoms with Gasteiger partial charge in [-0.15, -0.1) is 0 Å². The summed E-state index contributed by atoms with van der Waals surface area (Å²) >= 11 is 0. The van der Waals surface area contributed by atoms with Gasteiger partial charge >= 0.3 is 6.18 Å². The Bertz CT molecular complexity index is 899. The number of guanidine groups is 1. The lowest BCUT2D eigenvalue weighted by atomic mass is 9.93. The second-order valence-electron chi connectivity index (χ2n) is 7.46. The van der Waals surface area contributed by atoms with Crippen LogP contribution >= 0.6 is 0 Å². The lowest BCUT2D eigenvalue weighted by Gasteiger charge is -2.36. The van der Waals surface area contributed by atoms with E-state index in [4.69, 9.17) is 16.9 Å². The summed E-state index contributed by atoms with van der Waals surface area (Å²) in [6, 6.07) is 3.80. The number of nitrogens with one attached hydrogen (secondary N) is 3. The van der Waals surface area contributed by atoms with E-state index in [0.717, 1.165) is 25.3 Å². The van der Waals surface area contributed by atoms with E-state index in [1.54, 1.807) is 6.07 Å². The van der Waals surface area contributed by atoms with E-state index in [1.807, 2.05) is 4.90 Å². The molecular formula is C20H25F4N7. The molecule has 0 bridgehead atoms. The number of halogens is 4. The van der Waals surface area contributed by atoms with Crippen molar-refractivity contribution in [2.45, 2.75) is 31.1 Å². The van der Waals surface area contributed by atoms with Crippen LogP contribution in [0.2, 0.25) is 0 Å². The number of hydrogen-bond acceptors (Lipinski definition) is 7. The van der Waals surface area contributed by atoms with E-state index in [9.17, 15) is 17.6 Å². The number of rotatable bonds is 5. The van der Waals surface area contributed by atoms with Crippen molar-refractivity contribution in [1.29, 1.82) is 5.41 Å². The van der Waals surface area contributed by atoms with Gasteiger partial charge in [0.25, 0.3) is 0 Å². The van der Waals surface area contributed by atoms with Gasteiger partial charge in [-0.2, -0.15) is 13.2 Å². The van der Waals surface area contributed by atoms with Gasteiger partial charge < -0.3 is 32.4 Å². The fraction of sp³-hybridized carbons (Fsp3) is 0.400. The van der Waals surface area contributed by atoms with E-state index in [1.165, 1.54) is 18.3 Å². The normalized spacial score (nSPS) is 20.6. The summed E-state index contributed by atoms with van der Waals surface area (Å²) in [7, 11) is 0. The van der Waals surface area contributed by atoms with Crippen molar-refractivity contribution in [3.8, 4) is 0 Å². The van der Waals surface area contributed by atoms with E-state index < -0.39 is 24.6 Å². The molecule has 1 unspecified atom stereocenters. The second-order valence-corrected chi connectivity index (χ2v) is 7.46. The number of nitrogens with zero attached hydrogens (tertiary/aromatic N) is 2. The molecule has 0 saturated carbocycles. The number of nitrogens with two attached hydrogens (primary N) is 2. The Hall–Kier alpha value is -3.08. The fourth-order valence-electron chi connectivity index (χ4n) is 3.45. The van der Waals surface area contributed by atoms with Gasteiger partial charge in [-0.1, -0.05) is 6.07 Å². The van der Waals surface area contributed by atoms with Crippen LogP contribution in [0.25, 0.3) is 0 Å². The van der Waals surface area contributed by atoms with Crippen LogP contribution in [0.5, 0.6) is 0 Å². The first-order chi connectivity index (χ1) is 14.7. The van der Waals surface area contributed by atoms with E-state index in [2.05, 4.69) is 15.6 Å². The zero-order chi connectivity index (χ0) is 22.6. The number of aliphatic imine (C=N–C) groups is 1. The van der Waals surface area contributed by atoms with Gasteiger partial charge in [0.1, 0.15) is 12.4 Å². The third-order valence-corrected chi connectivity index (χ3v) is 5.16. The van der Waals surface area contributed by atoms with Gasteiger partial charge in [0.05, 0.1) is 11.7 Å². The summed E-state index contributed by atoms with van der Waals surface area (Å²) in [4.78, 5) is 6.44. The molecule has 2 heterocycles. The Labute approximate surface area is 177 Å². The molecule has 0 radical (unpaired) electrons. The van der Waals surface area contributed by atoms with Crippen LogP contribution in [0.15, 0.2) is 46.7 Å². The molecule has 7 N–H and O–H groups in total. The molecule has 168 valence electrons. The number of benzene rings is 1. The Morgan fingerprint density at radius 3 is 2.65 bits per heavy atom. The van der Waals surface area contributed by atoms with Crippen molar-refractivity contribution in [1.82, 2.24) is 15.5 Å². The van der Waals surface area contributed by atoms with Crippen LogP contribution in [0.4, 0.5) is 23.2 Å². The van der Waals surface area contributed by atoms with Gasteiger partial charge in [0.15, 0.2) is 5.96 Å². The summed E-state index contributed by atoms with van der Waals surface area (Å²) in [5, 5.41) is 13.1. The molecule has 0 spiro atoms. The summed E-state index contributed by atoms with van der Waals surface area (Å²) in [6.45, 7) is 0.146. The van der Waals surface area contributed by atoms with Crippen LogP contribution in [-0.4, -0.2) is 48.9 Å². The molecule has 7 nitrogen and oxygen atoms in total. The van der Waals surface area contributed by atoms with Crippen LogP contribution in [0, 0.1) is 11.2 Å². The molecular weight excluding hydrogens is 414 g/mol. The molecule has 1 fully saturated rings. The maximum absolute atomic E-state index is 14.1. The van der Waals surface area contributed by atoms with Crippen molar-refractivity contribution in [3.63, 3.8) is 0 Å². The minimum atomic E-state index is -4.40. The summed E-state index contributed by atoms with van der Waals surface area (Å²) in [5.41, 5.74) is 12.6. The zero-order valence-electron chi connectivity index (χ0n) is 16.7. The lowest BCUT2D eigenvalue weighted by molar-refractivity contribution is -0.122. The number of piperidine rings is 1. The molecule has 3 rings (SSSR count). The molecule has 1 aromatic carbocycles. The van der Waals surface area contributed by atoms with Gasteiger partial charge in [0.2, 0.25) is 0 Å². The quantitative estimate of drug-likeness (QED) is 0.275. The number of likely N-dealkylation sites (tertiary alicyclic amines) is 1. The van der Waals surface area contributed by atoms with Crippen molar-refractivity contribution in [2.24, 2.45) is 10.7 Å². The predicted molar refractivity (Wildman–Crippen MR) is 112 cm³/mol. The Morgan fingerprint density at radius 2 is 2.03 bits per heavy atom. The molecule has 11 heteroatoms. The monoisotopic (exact) mass is 439 g/mol. The standard InChI is InChI=1S/C20H25F4N7/c21-16-7-12(1-2-17(16)27)18-15(13(8-25)9-28-11-20(22,23)24)10-29-19(30-18)31-5-3-14(26)4-6-31/h1-2,7-10,14,18,25,28H,3-6,11,26-27H2,(H,29,30)/b13-9+,25-8?. The molecule has 2 aliphatic rings. The van der Waals surface area contributed by atoms with Crippen molar-refractivity contribution in [3.05, 3.63) is 53.1 Å². The number of nitrogen functional groups attached to an aromatic ring is 1. The maximum Gasteiger partial charge on any atom is 0.405 e. The lowest BCUT2D eigenvalue weighted by Crippen LogP contribution is -2.50. The molecule has 0 aromatic heterocycles. The highest BCUT2D eigenvalue weighted by atomic mass is 19.4. The maximum atomic E-state index is 14.1. The molecule has 1 saturated heterocycles. The van der Waals surface area contributed by atoms with E-state index >= 15 is 0 Å². The molecule has 1 aromatic rings. The largest absolute Gasteiger partial charge is 0.405 e. The van der Waals surface area contributed by atoms with Crippen molar-refractivity contribution >= 4 is 17.9 Å². The molecule has 0 amide bonds. The fourth-order valence-corrected chi connectivity index (χ4v) is 3.45. The third kappa shape index (κ3) is 5.75. The average Bonchev–Trinajstić information content (AvgIpc) is 2.73. The van der Waals surface area contributed by atoms with Crippen LogP contribution in [-0.2, 0) is 0 Å². The van der Waals surface area contributed by atoms with Crippen molar-refractivity contribution < 1.29 is 17.6 Å². The van der Waals surface area contributed by atoms with Crippen molar-refractivity contribution in [2.75, 3.05) is 25.4 Å². The Morgan fingerprint density at radius 1 is 1.32 bits per heavy atom. The molecule has 2 aliphatic heterocycles. The minimum absolute atomic E-state index is 0.0151. The third-order valence-electron chi connectivity index (χ3n) is 5.16. The first kappa shape index (κ1) is 22.6. The van der Waals surface area contributed by atoms with E-state index in [0.29, 0.717) is 30.2 Å². The summed E-state index contributed by atoms with van der Waals surface area (Å²) in [5.74, 6) is -0.0484. The first-order valence-electron chi connectivity index (χ1n) is 9.79. The van der Waals surface area contributed by atoms with Crippen LogP contribution in [0.3, 0.4) is 0 Å². The average molecular weight is 439 g/mol. The van der Waals surface area contributed by atoms with Gasteiger partial charge in [-0.3, -0.25) is 0 Å². The molecule has 0 aliphatic carbocycles. The zero-order valence-corrected chi connectivity index (χ0v) is 16.7. The van der Waals surface area contributed by atoms with Crippen LogP contribution in [0.1, 0.15) is 24.4 Å². The number of alkyl halides is 3. The highest BCUT2D eigenvalue weighted by molar-refractivity contribution is 5.87. The van der Waals surface area contributed by atoms with Gasteiger partial charge in [0, 0.05) is 48.9 Å².